The van der Waals surface area contributed by atoms with E-state index in [1.54, 1.807) is 0 Å². The molecule has 140 valence electrons. The normalized spacial score (nSPS) is 15.8. The lowest BCUT2D eigenvalue weighted by Crippen LogP contribution is -2.32. The van der Waals surface area contributed by atoms with Gasteiger partial charge in [-0.2, -0.15) is 13.2 Å². The molecule has 1 fully saturated rings. The zero-order chi connectivity index (χ0) is 18.7. The number of halogens is 3. The minimum Gasteiger partial charge on any atom is -0.347 e. The molecule has 2 amide bonds. The topological polar surface area (TPSA) is 70.2 Å². The van der Waals surface area contributed by atoms with Gasteiger partial charge in [-0.25, -0.2) is 4.79 Å². The molecule has 0 aliphatic carbocycles. The van der Waals surface area contributed by atoms with Crippen molar-refractivity contribution in [3.05, 3.63) is 29.8 Å². The second kappa shape index (κ2) is 7.48. The van der Waals surface area contributed by atoms with E-state index < -0.39 is 17.8 Å². The minimum absolute atomic E-state index is 0.237. The highest BCUT2D eigenvalue weighted by molar-refractivity contribution is 7.19. The molecule has 0 unspecified atom stereocenters. The minimum atomic E-state index is -4.55. The molecule has 0 spiro atoms. The van der Waals surface area contributed by atoms with E-state index in [9.17, 15) is 18.0 Å². The van der Waals surface area contributed by atoms with Crippen LogP contribution >= 0.6 is 11.3 Å². The van der Waals surface area contributed by atoms with Gasteiger partial charge < -0.3 is 10.2 Å². The third-order valence-electron chi connectivity index (χ3n) is 4.17. The van der Waals surface area contributed by atoms with Gasteiger partial charge in [-0.3, -0.25) is 5.32 Å². The number of urea groups is 1. The molecule has 1 saturated heterocycles. The summed E-state index contributed by atoms with van der Waals surface area (Å²) in [7, 11) is 0. The molecule has 0 atom stereocenters. The number of anilines is 3. The highest BCUT2D eigenvalue weighted by Gasteiger charge is 2.33. The number of nitrogens with one attached hydrogen (secondary N) is 2. The Morgan fingerprint density at radius 2 is 1.88 bits per heavy atom. The fraction of sp³-hybridized carbons (Fsp3) is 0.438. The molecule has 3 rings (SSSR count). The smallest absolute Gasteiger partial charge is 0.347 e. The Morgan fingerprint density at radius 3 is 2.58 bits per heavy atom. The van der Waals surface area contributed by atoms with Gasteiger partial charge in [0.25, 0.3) is 0 Å². The van der Waals surface area contributed by atoms with Crippen molar-refractivity contribution in [3.63, 3.8) is 0 Å². The molecule has 2 N–H and O–H groups in total. The Hall–Kier alpha value is -2.36. The number of benzene rings is 1. The van der Waals surface area contributed by atoms with Crippen molar-refractivity contribution in [2.45, 2.75) is 25.9 Å². The van der Waals surface area contributed by atoms with Crippen LogP contribution in [0.4, 0.5) is 33.9 Å². The third-order valence-corrected chi connectivity index (χ3v) is 5.07. The summed E-state index contributed by atoms with van der Waals surface area (Å²) >= 11 is 1.20. The van der Waals surface area contributed by atoms with Crippen LogP contribution in [-0.2, 0) is 6.18 Å². The third kappa shape index (κ3) is 4.43. The average molecular weight is 385 g/mol. The van der Waals surface area contributed by atoms with E-state index in [-0.39, 0.29) is 10.8 Å². The first-order chi connectivity index (χ1) is 12.3. The van der Waals surface area contributed by atoms with E-state index in [1.807, 2.05) is 0 Å². The number of piperidine rings is 1. The molecule has 2 heterocycles. The van der Waals surface area contributed by atoms with Crippen molar-refractivity contribution >= 4 is 33.3 Å². The van der Waals surface area contributed by atoms with E-state index in [1.165, 1.54) is 29.5 Å². The van der Waals surface area contributed by atoms with E-state index in [0.717, 1.165) is 32.0 Å². The van der Waals surface area contributed by atoms with Crippen LogP contribution in [0.15, 0.2) is 24.3 Å². The first kappa shape index (κ1) is 18.4. The van der Waals surface area contributed by atoms with E-state index in [0.29, 0.717) is 11.0 Å². The Morgan fingerprint density at radius 1 is 1.19 bits per heavy atom. The summed E-state index contributed by atoms with van der Waals surface area (Å²) in [6, 6.07) is 4.00. The fourth-order valence-electron chi connectivity index (χ4n) is 2.68. The standard InChI is InChI=1S/C16H18F3N5OS/c1-10-6-8-24(9-7-10)15-23-22-14(26-15)21-13(25)20-12-5-3-2-4-11(12)16(17,18)19/h2-5,10H,6-9H2,1H3,(H2,20,21,22,25). The zero-order valence-corrected chi connectivity index (χ0v) is 14.8. The van der Waals surface area contributed by atoms with E-state index in [4.69, 9.17) is 0 Å². The molecule has 10 heteroatoms. The summed E-state index contributed by atoms with van der Waals surface area (Å²) in [5.74, 6) is 0.677. The Labute approximate surface area is 152 Å². The van der Waals surface area contributed by atoms with Gasteiger partial charge in [0, 0.05) is 13.1 Å². The predicted molar refractivity (Wildman–Crippen MR) is 94.6 cm³/mol. The molecule has 0 saturated carbocycles. The van der Waals surface area contributed by atoms with Crippen molar-refractivity contribution in [1.29, 1.82) is 0 Å². The Kier molecular flexibility index (Phi) is 5.30. The fourth-order valence-corrected chi connectivity index (χ4v) is 3.48. The summed E-state index contributed by atoms with van der Waals surface area (Å²) < 4.78 is 38.9. The Balaban J connectivity index is 1.63. The molecular weight excluding hydrogens is 367 g/mol. The maximum Gasteiger partial charge on any atom is 0.418 e. The molecule has 2 aromatic rings. The monoisotopic (exact) mass is 385 g/mol. The number of carbonyl (C=O) groups excluding carboxylic acids is 1. The Bertz CT molecular complexity index is 771. The first-order valence-electron chi connectivity index (χ1n) is 8.15. The molecule has 0 bridgehead atoms. The lowest BCUT2D eigenvalue weighted by Gasteiger charge is -2.29. The van der Waals surface area contributed by atoms with E-state index >= 15 is 0 Å². The highest BCUT2D eigenvalue weighted by Crippen LogP contribution is 2.34. The number of nitrogens with zero attached hydrogens (tertiary/aromatic N) is 3. The van der Waals surface area contributed by atoms with Crippen molar-refractivity contribution < 1.29 is 18.0 Å². The van der Waals surface area contributed by atoms with Crippen molar-refractivity contribution in [2.75, 3.05) is 28.6 Å². The summed E-state index contributed by atoms with van der Waals surface area (Å²) in [5, 5.41) is 13.5. The van der Waals surface area contributed by atoms with Crippen molar-refractivity contribution in [3.8, 4) is 0 Å². The number of para-hydroxylation sites is 1. The largest absolute Gasteiger partial charge is 0.418 e. The van der Waals surface area contributed by atoms with Crippen LogP contribution in [0.25, 0.3) is 0 Å². The van der Waals surface area contributed by atoms with Crippen LogP contribution in [0.5, 0.6) is 0 Å². The highest BCUT2D eigenvalue weighted by atomic mass is 32.1. The molecule has 26 heavy (non-hydrogen) atoms. The zero-order valence-electron chi connectivity index (χ0n) is 14.0. The lowest BCUT2D eigenvalue weighted by atomic mass is 10.00. The molecule has 1 aromatic heterocycles. The van der Waals surface area contributed by atoms with Crippen LogP contribution < -0.4 is 15.5 Å². The van der Waals surface area contributed by atoms with Crippen LogP contribution in [0.3, 0.4) is 0 Å². The molecule has 6 nitrogen and oxygen atoms in total. The molecule has 0 radical (unpaired) electrons. The summed E-state index contributed by atoms with van der Waals surface area (Å²) in [5.41, 5.74) is -1.22. The second-order valence-corrected chi connectivity index (χ2v) is 7.14. The van der Waals surface area contributed by atoms with Crippen LogP contribution in [0.2, 0.25) is 0 Å². The second-order valence-electron chi connectivity index (χ2n) is 6.18. The quantitative estimate of drug-likeness (QED) is 0.820. The van der Waals surface area contributed by atoms with Gasteiger partial charge >= 0.3 is 12.2 Å². The number of carbonyl (C=O) groups is 1. The number of hydrogen-bond acceptors (Lipinski definition) is 5. The summed E-state index contributed by atoms with van der Waals surface area (Å²) in [6.07, 6.45) is -2.42. The number of aromatic nitrogens is 2. The van der Waals surface area contributed by atoms with Gasteiger partial charge in [-0.15, -0.1) is 10.2 Å². The number of amides is 2. The SMILES string of the molecule is CC1CCN(c2nnc(NC(=O)Nc3ccccc3C(F)(F)F)s2)CC1. The van der Waals surface area contributed by atoms with Crippen LogP contribution in [-0.4, -0.2) is 29.3 Å². The van der Waals surface area contributed by atoms with Gasteiger partial charge in [0.15, 0.2) is 0 Å². The van der Waals surface area contributed by atoms with Crippen molar-refractivity contribution in [1.82, 2.24) is 10.2 Å². The van der Waals surface area contributed by atoms with Crippen LogP contribution in [0.1, 0.15) is 25.3 Å². The van der Waals surface area contributed by atoms with Gasteiger partial charge in [0.2, 0.25) is 10.3 Å². The maximum atomic E-state index is 13.0. The molecular formula is C16H18F3N5OS. The lowest BCUT2D eigenvalue weighted by molar-refractivity contribution is -0.136. The number of hydrogen-bond donors (Lipinski definition) is 2. The average Bonchev–Trinajstić information content (AvgIpc) is 3.03. The number of alkyl halides is 3. The van der Waals surface area contributed by atoms with Gasteiger partial charge in [-0.1, -0.05) is 30.4 Å². The van der Waals surface area contributed by atoms with Crippen LogP contribution in [0, 0.1) is 5.92 Å². The van der Waals surface area contributed by atoms with E-state index in [2.05, 4.69) is 32.7 Å². The first-order valence-corrected chi connectivity index (χ1v) is 8.97. The van der Waals surface area contributed by atoms with Gasteiger partial charge in [-0.05, 0) is 30.9 Å². The molecule has 1 aliphatic rings. The van der Waals surface area contributed by atoms with Gasteiger partial charge in [0.05, 0.1) is 11.3 Å². The molecule has 1 aromatic carbocycles. The summed E-state index contributed by atoms with van der Waals surface area (Å²) in [6.45, 7) is 3.95. The maximum absolute atomic E-state index is 13.0. The van der Waals surface area contributed by atoms with Crippen molar-refractivity contribution in [2.24, 2.45) is 5.92 Å². The molecule has 1 aliphatic heterocycles. The number of rotatable bonds is 3. The predicted octanol–water partition coefficient (Wildman–Crippen LogP) is 4.44. The summed E-state index contributed by atoms with van der Waals surface area (Å²) in [4.78, 5) is 14.1. The van der Waals surface area contributed by atoms with Gasteiger partial charge in [0.1, 0.15) is 0 Å².